The van der Waals surface area contributed by atoms with Crippen molar-refractivity contribution in [1.82, 2.24) is 4.98 Å². The molecule has 1 aromatic rings. The number of rotatable bonds is 6. The van der Waals surface area contributed by atoms with Gasteiger partial charge in [0.15, 0.2) is 23.9 Å². The molecule has 4 bridgehead atoms. The van der Waals surface area contributed by atoms with Crippen LogP contribution in [0.4, 0.5) is 0 Å². The summed E-state index contributed by atoms with van der Waals surface area (Å²) < 4.78 is 47.6. The van der Waals surface area contributed by atoms with Crippen molar-refractivity contribution in [1.29, 1.82) is 0 Å². The Morgan fingerprint density at radius 3 is 2.07 bits per heavy atom. The van der Waals surface area contributed by atoms with Crippen LogP contribution in [0, 0.1) is 17.3 Å². The first-order chi connectivity index (χ1) is 25.1. The van der Waals surface area contributed by atoms with Crippen molar-refractivity contribution in [2.75, 3.05) is 13.2 Å². The number of aliphatic hydroxyl groups is 2. The van der Waals surface area contributed by atoms with E-state index in [1.54, 1.807) is 0 Å². The zero-order valence-corrected chi connectivity index (χ0v) is 31.1. The van der Waals surface area contributed by atoms with Crippen LogP contribution in [0.15, 0.2) is 18.3 Å². The van der Waals surface area contributed by atoms with E-state index in [1.807, 2.05) is 0 Å². The fourth-order valence-electron chi connectivity index (χ4n) is 8.87. The van der Waals surface area contributed by atoms with Crippen LogP contribution in [-0.2, 0) is 73.1 Å². The number of pyridine rings is 1. The second-order valence-corrected chi connectivity index (χ2v) is 14.7. The lowest BCUT2D eigenvalue weighted by Gasteiger charge is -2.67. The number of aromatic nitrogens is 1. The van der Waals surface area contributed by atoms with E-state index in [2.05, 4.69) is 4.98 Å². The number of nitrogens with zero attached hydrogens (tertiary/aromatic N) is 1. The van der Waals surface area contributed by atoms with Crippen LogP contribution in [0.3, 0.4) is 0 Å². The summed E-state index contributed by atoms with van der Waals surface area (Å²) >= 11 is 0. The number of fused-ring (bicyclic) bond motifs is 5. The van der Waals surface area contributed by atoms with Crippen LogP contribution in [0.1, 0.15) is 77.9 Å². The molecule has 3 heterocycles. The molecule has 0 radical (unpaired) electrons. The van der Waals surface area contributed by atoms with Gasteiger partial charge in [0, 0.05) is 40.8 Å². The third kappa shape index (κ3) is 6.46. The SMILES string of the molecule is CC(=O)OCC12C(OC(C)=O)C(O)C3C(OC(C)=O)C14OC3(C)COC(=O)c1cccnc1CCC(C)C(=O)OC(C(OC(C)=O)C2OC(C)=O)C4(C)O. The second kappa shape index (κ2) is 14.5. The predicted molar refractivity (Wildman–Crippen MR) is 176 cm³/mol. The number of cyclic esters (lactones) is 1. The standard InChI is InChI=1S/C36H45NO17/c1-16-11-12-23-22(10-9-13-37-23)32(45)48-14-33(7)24-25(43)28(51-20(5)41)35(15-47-17(2)38)30(52-21(6)42)26(49-18(3)39)29(53-31(16)44)34(8,46)36(35,54-33)27(24)50-19(4)40/h9-10,13,16,24-30,43,46H,11-12,14-15H2,1-8H3. The van der Waals surface area contributed by atoms with E-state index in [4.69, 9.17) is 37.9 Å². The van der Waals surface area contributed by atoms with Gasteiger partial charge in [-0.25, -0.2) is 4.79 Å². The van der Waals surface area contributed by atoms with Crippen molar-refractivity contribution in [3.63, 3.8) is 0 Å². The fraction of sp³-hybridized carbons (Fsp3) is 0.667. The summed E-state index contributed by atoms with van der Waals surface area (Å²) in [4.78, 5) is 96.6. The number of hydrogen-bond acceptors (Lipinski definition) is 18. The summed E-state index contributed by atoms with van der Waals surface area (Å²) in [5, 5.41) is 25.7. The zero-order valence-electron chi connectivity index (χ0n) is 31.1. The highest BCUT2D eigenvalue weighted by Crippen LogP contribution is 2.69. The van der Waals surface area contributed by atoms with Gasteiger partial charge in [0.1, 0.15) is 48.1 Å². The van der Waals surface area contributed by atoms with E-state index >= 15 is 0 Å². The summed E-state index contributed by atoms with van der Waals surface area (Å²) in [5.74, 6) is -9.37. The lowest BCUT2D eigenvalue weighted by atomic mass is 9.45. The van der Waals surface area contributed by atoms with Gasteiger partial charge in [-0.2, -0.15) is 0 Å². The van der Waals surface area contributed by atoms with Crippen LogP contribution >= 0.6 is 0 Å². The van der Waals surface area contributed by atoms with E-state index in [0.717, 1.165) is 41.5 Å². The summed E-state index contributed by atoms with van der Waals surface area (Å²) in [6.45, 7) is 7.22. The first-order valence-corrected chi connectivity index (χ1v) is 17.4. The van der Waals surface area contributed by atoms with E-state index in [1.165, 1.54) is 32.2 Å². The molecule has 2 aliphatic heterocycles. The molecule has 0 aromatic carbocycles. The Balaban J connectivity index is 1.94. The van der Waals surface area contributed by atoms with Crippen LogP contribution in [0.25, 0.3) is 0 Å². The molecular formula is C36H45NO17. The highest BCUT2D eigenvalue weighted by molar-refractivity contribution is 5.90. The maximum absolute atomic E-state index is 14.0. The predicted octanol–water partition coefficient (Wildman–Crippen LogP) is 0.292. The molecule has 0 amide bonds. The Hall–Kier alpha value is -4.68. The van der Waals surface area contributed by atoms with Crippen molar-refractivity contribution >= 4 is 41.8 Å². The maximum Gasteiger partial charge on any atom is 0.340 e. The zero-order chi connectivity index (χ0) is 40.1. The van der Waals surface area contributed by atoms with Gasteiger partial charge < -0.3 is 48.1 Å². The molecule has 296 valence electrons. The fourth-order valence-corrected chi connectivity index (χ4v) is 8.87. The van der Waals surface area contributed by atoms with Gasteiger partial charge in [-0.3, -0.25) is 33.8 Å². The van der Waals surface area contributed by atoms with Crippen molar-refractivity contribution in [3.05, 3.63) is 29.6 Å². The van der Waals surface area contributed by atoms with Crippen molar-refractivity contribution in [2.45, 2.75) is 122 Å². The van der Waals surface area contributed by atoms with Gasteiger partial charge in [-0.1, -0.05) is 6.92 Å². The van der Waals surface area contributed by atoms with Crippen LogP contribution < -0.4 is 0 Å². The molecule has 12 atom stereocenters. The Kier molecular flexibility index (Phi) is 10.9. The molecule has 2 saturated carbocycles. The lowest BCUT2D eigenvalue weighted by Crippen LogP contribution is -2.89. The minimum absolute atomic E-state index is 0.0466. The average molecular weight is 764 g/mol. The van der Waals surface area contributed by atoms with Crippen molar-refractivity contribution in [3.8, 4) is 0 Å². The highest BCUT2D eigenvalue weighted by Gasteiger charge is 2.91. The van der Waals surface area contributed by atoms with Crippen molar-refractivity contribution in [2.24, 2.45) is 17.3 Å². The van der Waals surface area contributed by atoms with E-state index in [0.29, 0.717) is 0 Å². The summed E-state index contributed by atoms with van der Waals surface area (Å²) in [5.41, 5.74) is -9.67. The maximum atomic E-state index is 14.0. The Bertz CT molecular complexity index is 1730. The number of carbonyl (C=O) groups is 7. The molecule has 2 aliphatic carbocycles. The van der Waals surface area contributed by atoms with Crippen LogP contribution in [0.5, 0.6) is 0 Å². The Labute approximate surface area is 310 Å². The Morgan fingerprint density at radius 2 is 1.48 bits per heavy atom. The van der Waals surface area contributed by atoms with Crippen LogP contribution in [-0.4, -0.2) is 124 Å². The lowest BCUT2D eigenvalue weighted by molar-refractivity contribution is -0.386. The number of carbonyl (C=O) groups excluding carboxylic acids is 7. The number of hydrogen-bond donors (Lipinski definition) is 2. The highest BCUT2D eigenvalue weighted by atomic mass is 16.7. The number of aryl methyl sites for hydroxylation is 1. The Morgan fingerprint density at radius 1 is 0.889 bits per heavy atom. The molecule has 1 saturated heterocycles. The van der Waals surface area contributed by atoms with E-state index < -0.39 is 126 Å². The molecule has 54 heavy (non-hydrogen) atoms. The molecular weight excluding hydrogens is 718 g/mol. The first kappa shape index (κ1) is 40.5. The number of ether oxygens (including phenoxy) is 8. The van der Waals surface area contributed by atoms with Gasteiger partial charge in [0.2, 0.25) is 0 Å². The van der Waals surface area contributed by atoms with Gasteiger partial charge in [-0.05, 0) is 38.8 Å². The molecule has 18 heteroatoms. The molecule has 1 spiro atoms. The minimum Gasteiger partial charge on any atom is -0.465 e. The molecule has 4 aliphatic rings. The van der Waals surface area contributed by atoms with E-state index in [9.17, 15) is 43.8 Å². The molecule has 12 unspecified atom stereocenters. The van der Waals surface area contributed by atoms with E-state index in [-0.39, 0.29) is 24.1 Å². The quantitative estimate of drug-likeness (QED) is 0.292. The van der Waals surface area contributed by atoms with Gasteiger partial charge in [0.25, 0.3) is 0 Å². The average Bonchev–Trinajstić information content (AvgIpc) is 3.29. The summed E-state index contributed by atoms with van der Waals surface area (Å²) in [6, 6.07) is 2.97. The molecule has 2 N–H and O–H groups in total. The largest absolute Gasteiger partial charge is 0.465 e. The van der Waals surface area contributed by atoms with Gasteiger partial charge in [-0.15, -0.1) is 0 Å². The minimum atomic E-state index is -2.76. The number of esters is 7. The van der Waals surface area contributed by atoms with Crippen LogP contribution in [0.2, 0.25) is 0 Å². The smallest absolute Gasteiger partial charge is 0.340 e. The topological polar surface area (TPSA) is 247 Å². The second-order valence-electron chi connectivity index (χ2n) is 14.7. The van der Waals surface area contributed by atoms with Gasteiger partial charge in [0.05, 0.1) is 23.1 Å². The van der Waals surface area contributed by atoms with Gasteiger partial charge >= 0.3 is 41.8 Å². The molecule has 5 rings (SSSR count). The summed E-state index contributed by atoms with van der Waals surface area (Å²) in [7, 11) is 0. The number of aliphatic hydroxyl groups excluding tert-OH is 1. The third-order valence-corrected chi connectivity index (χ3v) is 10.9. The molecule has 1 aromatic heterocycles. The molecule has 3 fully saturated rings. The normalized spacial score (nSPS) is 38.6. The monoisotopic (exact) mass is 763 g/mol. The summed E-state index contributed by atoms with van der Waals surface area (Å²) in [6.07, 6.45) is -10.3. The first-order valence-electron chi connectivity index (χ1n) is 17.4. The van der Waals surface area contributed by atoms with Crippen molar-refractivity contribution < 1.29 is 81.7 Å². The third-order valence-electron chi connectivity index (χ3n) is 10.9. The molecule has 18 nitrogen and oxygen atoms in total.